The van der Waals surface area contributed by atoms with Crippen molar-refractivity contribution in [2.24, 2.45) is 5.73 Å². The van der Waals surface area contributed by atoms with Gasteiger partial charge in [0.25, 0.3) is 0 Å². The molecule has 10 heavy (non-hydrogen) atoms. The Labute approximate surface area is 63.4 Å². The predicted molar refractivity (Wildman–Crippen MR) is 43.9 cm³/mol. The first kappa shape index (κ1) is 8.02. The van der Waals surface area contributed by atoms with E-state index in [1.807, 2.05) is 0 Å². The average Bonchev–Trinajstić information content (AvgIpc) is 2.72. The SMILES string of the molecule is CCN(CC)C1(CN)CC1. The lowest BCUT2D eigenvalue weighted by Gasteiger charge is -2.28. The Morgan fingerprint density at radius 1 is 1.30 bits per heavy atom. The smallest absolute Gasteiger partial charge is 0.0332 e. The molecular formula is C8H18N2. The molecule has 0 unspecified atom stereocenters. The quantitative estimate of drug-likeness (QED) is 0.629. The van der Waals surface area contributed by atoms with Gasteiger partial charge < -0.3 is 5.73 Å². The molecule has 0 spiro atoms. The summed E-state index contributed by atoms with van der Waals surface area (Å²) in [6.45, 7) is 7.55. The lowest BCUT2D eigenvalue weighted by Crippen LogP contribution is -2.42. The highest BCUT2D eigenvalue weighted by Crippen LogP contribution is 2.40. The summed E-state index contributed by atoms with van der Waals surface area (Å²) < 4.78 is 0. The Balaban J connectivity index is 2.43. The van der Waals surface area contributed by atoms with Gasteiger partial charge in [0.05, 0.1) is 0 Å². The van der Waals surface area contributed by atoms with Crippen molar-refractivity contribution in [2.75, 3.05) is 19.6 Å². The molecule has 2 heteroatoms. The van der Waals surface area contributed by atoms with Gasteiger partial charge in [-0.2, -0.15) is 0 Å². The van der Waals surface area contributed by atoms with Gasteiger partial charge in [-0.05, 0) is 25.9 Å². The first-order valence-corrected chi connectivity index (χ1v) is 4.24. The summed E-state index contributed by atoms with van der Waals surface area (Å²) in [7, 11) is 0. The second-order valence-corrected chi connectivity index (χ2v) is 3.10. The lowest BCUT2D eigenvalue weighted by molar-refractivity contribution is 0.202. The van der Waals surface area contributed by atoms with E-state index in [1.165, 1.54) is 12.8 Å². The van der Waals surface area contributed by atoms with Crippen LogP contribution in [0.5, 0.6) is 0 Å². The molecule has 1 saturated carbocycles. The van der Waals surface area contributed by atoms with Gasteiger partial charge in [-0.1, -0.05) is 13.8 Å². The van der Waals surface area contributed by atoms with Crippen LogP contribution in [-0.4, -0.2) is 30.1 Å². The van der Waals surface area contributed by atoms with E-state index >= 15 is 0 Å². The van der Waals surface area contributed by atoms with Crippen molar-refractivity contribution in [1.82, 2.24) is 4.90 Å². The number of rotatable bonds is 4. The third kappa shape index (κ3) is 1.18. The van der Waals surface area contributed by atoms with Crippen molar-refractivity contribution in [3.63, 3.8) is 0 Å². The van der Waals surface area contributed by atoms with Crippen LogP contribution in [0.1, 0.15) is 26.7 Å². The van der Waals surface area contributed by atoms with Crippen molar-refractivity contribution in [2.45, 2.75) is 32.2 Å². The molecule has 1 aliphatic carbocycles. The van der Waals surface area contributed by atoms with Crippen molar-refractivity contribution in [1.29, 1.82) is 0 Å². The fourth-order valence-corrected chi connectivity index (χ4v) is 1.69. The van der Waals surface area contributed by atoms with Crippen LogP contribution in [0.3, 0.4) is 0 Å². The summed E-state index contributed by atoms with van der Waals surface area (Å²) in [5.41, 5.74) is 6.10. The molecule has 1 fully saturated rings. The van der Waals surface area contributed by atoms with Gasteiger partial charge >= 0.3 is 0 Å². The van der Waals surface area contributed by atoms with Gasteiger partial charge in [-0.3, -0.25) is 4.90 Å². The molecule has 2 N–H and O–H groups in total. The van der Waals surface area contributed by atoms with Crippen LogP contribution in [0.25, 0.3) is 0 Å². The summed E-state index contributed by atoms with van der Waals surface area (Å²) in [6, 6.07) is 0. The van der Waals surface area contributed by atoms with E-state index in [4.69, 9.17) is 5.73 Å². The maximum atomic E-state index is 5.68. The Kier molecular flexibility index (Phi) is 2.32. The maximum Gasteiger partial charge on any atom is 0.0332 e. The van der Waals surface area contributed by atoms with Crippen LogP contribution < -0.4 is 5.73 Å². The zero-order valence-electron chi connectivity index (χ0n) is 7.06. The Hall–Kier alpha value is -0.0800. The minimum absolute atomic E-state index is 0.420. The maximum absolute atomic E-state index is 5.68. The molecule has 0 amide bonds. The third-order valence-corrected chi connectivity index (χ3v) is 2.64. The van der Waals surface area contributed by atoms with Crippen LogP contribution in [0.2, 0.25) is 0 Å². The number of likely N-dealkylation sites (N-methyl/N-ethyl adjacent to an activating group) is 1. The molecule has 0 aromatic carbocycles. The standard InChI is InChI=1S/C8H18N2/c1-3-10(4-2)8(7-9)5-6-8/h3-7,9H2,1-2H3. The lowest BCUT2D eigenvalue weighted by atomic mass is 10.2. The summed E-state index contributed by atoms with van der Waals surface area (Å²) in [5.74, 6) is 0. The zero-order valence-corrected chi connectivity index (χ0v) is 7.06. The Bertz CT molecular complexity index is 104. The molecule has 1 rings (SSSR count). The Morgan fingerprint density at radius 2 is 1.80 bits per heavy atom. The van der Waals surface area contributed by atoms with Gasteiger partial charge in [0, 0.05) is 12.1 Å². The van der Waals surface area contributed by atoms with E-state index in [0.29, 0.717) is 5.54 Å². The van der Waals surface area contributed by atoms with E-state index in [2.05, 4.69) is 18.7 Å². The van der Waals surface area contributed by atoms with E-state index in [9.17, 15) is 0 Å². The van der Waals surface area contributed by atoms with Gasteiger partial charge in [0.2, 0.25) is 0 Å². The molecule has 0 heterocycles. The second kappa shape index (κ2) is 2.89. The highest BCUT2D eigenvalue weighted by molar-refractivity contribution is 5.03. The molecule has 0 aromatic heterocycles. The van der Waals surface area contributed by atoms with E-state index in [-0.39, 0.29) is 0 Å². The third-order valence-electron chi connectivity index (χ3n) is 2.64. The molecule has 2 nitrogen and oxygen atoms in total. The van der Waals surface area contributed by atoms with E-state index < -0.39 is 0 Å². The van der Waals surface area contributed by atoms with E-state index in [1.54, 1.807) is 0 Å². The van der Waals surface area contributed by atoms with Crippen molar-refractivity contribution in [3.05, 3.63) is 0 Å². The molecule has 0 saturated heterocycles. The zero-order chi connectivity index (χ0) is 7.61. The number of hydrogen-bond acceptors (Lipinski definition) is 2. The van der Waals surface area contributed by atoms with Crippen LogP contribution in [0.15, 0.2) is 0 Å². The largest absolute Gasteiger partial charge is 0.329 e. The molecule has 0 atom stereocenters. The van der Waals surface area contributed by atoms with Gasteiger partial charge in [0.1, 0.15) is 0 Å². The molecular weight excluding hydrogens is 124 g/mol. The van der Waals surface area contributed by atoms with Gasteiger partial charge in [0.15, 0.2) is 0 Å². The average molecular weight is 142 g/mol. The molecule has 0 aromatic rings. The summed E-state index contributed by atoms with van der Waals surface area (Å²) >= 11 is 0. The topological polar surface area (TPSA) is 29.3 Å². The fourth-order valence-electron chi connectivity index (χ4n) is 1.69. The minimum Gasteiger partial charge on any atom is -0.329 e. The van der Waals surface area contributed by atoms with Crippen LogP contribution in [0.4, 0.5) is 0 Å². The first-order valence-electron chi connectivity index (χ1n) is 4.24. The predicted octanol–water partition coefficient (Wildman–Crippen LogP) is 0.819. The second-order valence-electron chi connectivity index (χ2n) is 3.10. The monoisotopic (exact) mass is 142 g/mol. The van der Waals surface area contributed by atoms with Crippen molar-refractivity contribution >= 4 is 0 Å². The number of nitrogens with zero attached hydrogens (tertiary/aromatic N) is 1. The molecule has 0 bridgehead atoms. The first-order chi connectivity index (χ1) is 4.79. The van der Waals surface area contributed by atoms with Crippen molar-refractivity contribution < 1.29 is 0 Å². The summed E-state index contributed by atoms with van der Waals surface area (Å²) in [4.78, 5) is 2.48. The normalized spacial score (nSPS) is 21.6. The van der Waals surface area contributed by atoms with Crippen LogP contribution in [-0.2, 0) is 0 Å². The van der Waals surface area contributed by atoms with Crippen molar-refractivity contribution in [3.8, 4) is 0 Å². The van der Waals surface area contributed by atoms with Crippen LogP contribution >= 0.6 is 0 Å². The molecule has 1 aliphatic rings. The number of nitrogens with two attached hydrogens (primary N) is 1. The molecule has 60 valence electrons. The van der Waals surface area contributed by atoms with Crippen LogP contribution in [0, 0.1) is 0 Å². The summed E-state index contributed by atoms with van der Waals surface area (Å²) in [6.07, 6.45) is 2.62. The molecule has 0 aliphatic heterocycles. The highest BCUT2D eigenvalue weighted by atomic mass is 15.2. The molecule has 0 radical (unpaired) electrons. The minimum atomic E-state index is 0.420. The number of hydrogen-bond donors (Lipinski definition) is 1. The Morgan fingerprint density at radius 3 is 1.90 bits per heavy atom. The fraction of sp³-hybridized carbons (Fsp3) is 1.00. The van der Waals surface area contributed by atoms with Gasteiger partial charge in [-0.25, -0.2) is 0 Å². The highest BCUT2D eigenvalue weighted by Gasteiger charge is 2.45. The summed E-state index contributed by atoms with van der Waals surface area (Å²) in [5, 5.41) is 0. The van der Waals surface area contributed by atoms with E-state index in [0.717, 1.165) is 19.6 Å². The van der Waals surface area contributed by atoms with Gasteiger partial charge in [-0.15, -0.1) is 0 Å².